The summed E-state index contributed by atoms with van der Waals surface area (Å²) in [5, 5.41) is 0. The summed E-state index contributed by atoms with van der Waals surface area (Å²) in [7, 11) is 0. The minimum absolute atomic E-state index is 0.0219. The molecule has 0 aliphatic heterocycles. The van der Waals surface area contributed by atoms with Gasteiger partial charge in [0, 0.05) is 0 Å². The minimum Gasteiger partial charge on any atom is -0.466 e. The largest absolute Gasteiger partial charge is 0.466 e. The lowest BCUT2D eigenvalue weighted by atomic mass is 9.82. The lowest BCUT2D eigenvalue weighted by Gasteiger charge is -2.25. The smallest absolute Gasteiger partial charge is 0.308 e. The van der Waals surface area contributed by atoms with E-state index in [-0.39, 0.29) is 23.8 Å². The first kappa shape index (κ1) is 18.0. The molecule has 1 fully saturated rings. The molecule has 0 bridgehead atoms. The Hall–Kier alpha value is -1.06. The molecular weight excluding hydrogens is 268 g/mol. The van der Waals surface area contributed by atoms with Crippen LogP contribution in [0.2, 0.25) is 0 Å². The van der Waals surface area contributed by atoms with E-state index >= 15 is 0 Å². The van der Waals surface area contributed by atoms with Gasteiger partial charge in [0.25, 0.3) is 0 Å². The van der Waals surface area contributed by atoms with Crippen molar-refractivity contribution in [3.63, 3.8) is 0 Å². The summed E-state index contributed by atoms with van der Waals surface area (Å²) in [6.07, 6.45) is 8.79. The minimum atomic E-state index is -0.111. The highest BCUT2D eigenvalue weighted by Gasteiger charge is 2.31. The van der Waals surface area contributed by atoms with Gasteiger partial charge >= 0.3 is 11.9 Å². The maximum absolute atomic E-state index is 12.0. The second-order valence-electron chi connectivity index (χ2n) is 5.88. The zero-order valence-electron chi connectivity index (χ0n) is 13.6. The number of rotatable bonds is 9. The van der Waals surface area contributed by atoms with Gasteiger partial charge in [0.15, 0.2) is 0 Å². The third-order valence-electron chi connectivity index (χ3n) is 4.17. The molecule has 0 atom stereocenters. The fourth-order valence-electron chi connectivity index (χ4n) is 2.82. The molecule has 122 valence electrons. The lowest BCUT2D eigenvalue weighted by molar-refractivity contribution is -0.155. The highest BCUT2D eigenvalue weighted by Crippen LogP contribution is 2.30. The van der Waals surface area contributed by atoms with Crippen molar-refractivity contribution in [3.05, 3.63) is 0 Å². The van der Waals surface area contributed by atoms with Crippen molar-refractivity contribution in [2.75, 3.05) is 13.2 Å². The molecule has 1 aliphatic carbocycles. The van der Waals surface area contributed by atoms with Gasteiger partial charge in [-0.2, -0.15) is 0 Å². The fraction of sp³-hybridized carbons (Fsp3) is 0.882. The molecule has 0 radical (unpaired) electrons. The Labute approximate surface area is 128 Å². The van der Waals surface area contributed by atoms with Crippen molar-refractivity contribution in [1.82, 2.24) is 0 Å². The summed E-state index contributed by atoms with van der Waals surface area (Å²) >= 11 is 0. The fourth-order valence-corrected chi connectivity index (χ4v) is 2.82. The topological polar surface area (TPSA) is 52.6 Å². The molecule has 0 N–H and O–H groups in total. The van der Waals surface area contributed by atoms with Gasteiger partial charge < -0.3 is 9.47 Å². The first-order valence-electron chi connectivity index (χ1n) is 8.52. The van der Waals surface area contributed by atoms with Crippen LogP contribution >= 0.6 is 0 Å². The molecule has 0 unspecified atom stereocenters. The first-order chi connectivity index (χ1) is 10.2. The molecule has 4 nitrogen and oxygen atoms in total. The van der Waals surface area contributed by atoms with E-state index in [4.69, 9.17) is 9.47 Å². The Kier molecular flexibility index (Phi) is 9.11. The second-order valence-corrected chi connectivity index (χ2v) is 5.88. The van der Waals surface area contributed by atoms with Crippen molar-refractivity contribution in [3.8, 4) is 0 Å². The van der Waals surface area contributed by atoms with E-state index < -0.39 is 0 Å². The molecular formula is C17H30O4. The third kappa shape index (κ3) is 6.96. The quantitative estimate of drug-likeness (QED) is 0.479. The number of carbonyl (C=O) groups is 2. The maximum Gasteiger partial charge on any atom is 0.308 e. The molecule has 0 aromatic rings. The highest BCUT2D eigenvalue weighted by molar-refractivity contribution is 5.75. The molecule has 21 heavy (non-hydrogen) atoms. The van der Waals surface area contributed by atoms with Crippen LogP contribution in [0, 0.1) is 11.8 Å². The number of ether oxygens (including phenoxy) is 2. The highest BCUT2D eigenvalue weighted by atomic mass is 16.5. The summed E-state index contributed by atoms with van der Waals surface area (Å²) in [6, 6.07) is 0. The Morgan fingerprint density at radius 1 is 0.810 bits per heavy atom. The van der Waals surface area contributed by atoms with Gasteiger partial charge in [-0.3, -0.25) is 9.59 Å². The molecule has 0 spiro atoms. The number of hydrogen-bond donors (Lipinski definition) is 0. The van der Waals surface area contributed by atoms with E-state index in [1.165, 1.54) is 19.3 Å². The van der Waals surface area contributed by atoms with Gasteiger partial charge in [0.2, 0.25) is 0 Å². The van der Waals surface area contributed by atoms with Gasteiger partial charge in [0.1, 0.15) is 0 Å². The van der Waals surface area contributed by atoms with E-state index in [2.05, 4.69) is 6.92 Å². The van der Waals surface area contributed by atoms with Crippen molar-refractivity contribution >= 4 is 11.9 Å². The van der Waals surface area contributed by atoms with Crippen LogP contribution in [0.3, 0.4) is 0 Å². The lowest BCUT2D eigenvalue weighted by Crippen LogP contribution is -2.28. The standard InChI is InChI=1S/C17H30O4/c1-3-5-6-7-8-13-21-17(19)15-11-9-14(10-12-15)16(18)20-4-2/h14-15H,3-13H2,1-2H3. The molecule has 4 heteroatoms. The molecule has 0 saturated heterocycles. The van der Waals surface area contributed by atoms with Crippen LogP contribution in [-0.4, -0.2) is 25.2 Å². The Morgan fingerprint density at radius 2 is 1.33 bits per heavy atom. The van der Waals surface area contributed by atoms with Gasteiger partial charge in [-0.05, 0) is 39.0 Å². The monoisotopic (exact) mass is 298 g/mol. The van der Waals surface area contributed by atoms with Crippen molar-refractivity contribution in [2.45, 2.75) is 71.6 Å². The van der Waals surface area contributed by atoms with Gasteiger partial charge in [-0.25, -0.2) is 0 Å². The number of unbranched alkanes of at least 4 members (excludes halogenated alkanes) is 4. The molecule has 1 rings (SSSR count). The SMILES string of the molecule is CCCCCCCOC(=O)C1CCC(C(=O)OCC)CC1. The van der Waals surface area contributed by atoms with E-state index in [1.807, 2.05) is 6.92 Å². The predicted molar refractivity (Wildman–Crippen MR) is 81.8 cm³/mol. The van der Waals surface area contributed by atoms with Gasteiger partial charge in [0.05, 0.1) is 25.0 Å². The van der Waals surface area contributed by atoms with Crippen LogP contribution in [0.1, 0.15) is 71.6 Å². The van der Waals surface area contributed by atoms with Crippen molar-refractivity contribution in [2.24, 2.45) is 11.8 Å². The summed E-state index contributed by atoms with van der Waals surface area (Å²) in [4.78, 5) is 23.6. The average Bonchev–Trinajstić information content (AvgIpc) is 2.51. The molecule has 0 amide bonds. The van der Waals surface area contributed by atoms with Crippen LogP contribution < -0.4 is 0 Å². The van der Waals surface area contributed by atoms with Crippen LogP contribution in [0.15, 0.2) is 0 Å². The summed E-state index contributed by atoms with van der Waals surface area (Å²) in [5.74, 6) is -0.234. The number of esters is 2. The van der Waals surface area contributed by atoms with E-state index in [1.54, 1.807) is 0 Å². The van der Waals surface area contributed by atoms with Crippen molar-refractivity contribution in [1.29, 1.82) is 0 Å². The Balaban J connectivity index is 2.13. The molecule has 1 aliphatic rings. The number of hydrogen-bond acceptors (Lipinski definition) is 4. The third-order valence-corrected chi connectivity index (χ3v) is 4.17. The van der Waals surface area contributed by atoms with Crippen LogP contribution in [-0.2, 0) is 19.1 Å². The average molecular weight is 298 g/mol. The Morgan fingerprint density at radius 3 is 1.86 bits per heavy atom. The zero-order valence-corrected chi connectivity index (χ0v) is 13.6. The molecule has 0 aromatic heterocycles. The van der Waals surface area contributed by atoms with Crippen LogP contribution in [0.25, 0.3) is 0 Å². The van der Waals surface area contributed by atoms with Crippen LogP contribution in [0.5, 0.6) is 0 Å². The molecule has 1 saturated carbocycles. The summed E-state index contributed by atoms with van der Waals surface area (Å²) in [5.41, 5.74) is 0. The van der Waals surface area contributed by atoms with Crippen molar-refractivity contribution < 1.29 is 19.1 Å². The summed E-state index contributed by atoms with van der Waals surface area (Å²) in [6.45, 7) is 4.98. The summed E-state index contributed by atoms with van der Waals surface area (Å²) < 4.78 is 10.4. The normalized spacial score (nSPS) is 21.8. The maximum atomic E-state index is 12.0. The van der Waals surface area contributed by atoms with Gasteiger partial charge in [-0.15, -0.1) is 0 Å². The Bertz CT molecular complexity index is 306. The van der Waals surface area contributed by atoms with Crippen LogP contribution in [0.4, 0.5) is 0 Å². The van der Waals surface area contributed by atoms with E-state index in [0.29, 0.717) is 13.2 Å². The first-order valence-corrected chi connectivity index (χ1v) is 8.52. The number of carbonyl (C=O) groups excluding carboxylic acids is 2. The predicted octanol–water partition coefficient (Wildman–Crippen LogP) is 3.87. The molecule has 0 aromatic carbocycles. The van der Waals surface area contributed by atoms with Gasteiger partial charge in [-0.1, -0.05) is 32.6 Å². The van der Waals surface area contributed by atoms with E-state index in [9.17, 15) is 9.59 Å². The molecule has 0 heterocycles. The van der Waals surface area contributed by atoms with E-state index in [0.717, 1.165) is 38.5 Å². The second kappa shape index (κ2) is 10.6. The zero-order chi connectivity index (χ0) is 15.5.